The second kappa shape index (κ2) is 4.97. The van der Waals surface area contributed by atoms with Crippen LogP contribution in [0, 0.1) is 17.0 Å². The molecule has 0 amide bonds. The monoisotopic (exact) mass is 246 g/mol. The van der Waals surface area contributed by atoms with Crippen molar-refractivity contribution < 1.29 is 4.92 Å². The van der Waals surface area contributed by atoms with Gasteiger partial charge in [-0.15, -0.1) is 0 Å². The van der Waals surface area contributed by atoms with Crippen molar-refractivity contribution in [2.24, 2.45) is 5.73 Å². The number of rotatable bonds is 4. The second-order valence-electron chi connectivity index (χ2n) is 4.05. The molecule has 6 heteroatoms. The van der Waals surface area contributed by atoms with E-state index < -0.39 is 0 Å². The van der Waals surface area contributed by atoms with Crippen LogP contribution >= 0.6 is 0 Å². The summed E-state index contributed by atoms with van der Waals surface area (Å²) in [6.07, 6.45) is 2.41. The molecule has 0 fully saturated rings. The molecular weight excluding hydrogens is 232 g/mol. The summed E-state index contributed by atoms with van der Waals surface area (Å²) in [6, 6.07) is 5.06. The molecule has 0 aliphatic heterocycles. The van der Waals surface area contributed by atoms with Gasteiger partial charge < -0.3 is 10.7 Å². The maximum atomic E-state index is 10.9. The SMILES string of the molecule is Cc1ccc(-c2ncc(CCN)[nH]2)cc1[N+](=O)[O-]. The van der Waals surface area contributed by atoms with Crippen LogP contribution < -0.4 is 5.73 Å². The smallest absolute Gasteiger partial charge is 0.273 e. The van der Waals surface area contributed by atoms with Gasteiger partial charge >= 0.3 is 0 Å². The third-order valence-corrected chi connectivity index (χ3v) is 2.72. The lowest BCUT2D eigenvalue weighted by Gasteiger charge is -2.00. The number of hydrogen-bond acceptors (Lipinski definition) is 4. The number of nitro benzene ring substituents is 1. The van der Waals surface area contributed by atoms with Crippen molar-refractivity contribution in [2.45, 2.75) is 13.3 Å². The Hall–Kier alpha value is -2.21. The van der Waals surface area contributed by atoms with Crippen LogP contribution in [-0.4, -0.2) is 21.4 Å². The fourth-order valence-electron chi connectivity index (χ4n) is 1.74. The minimum atomic E-state index is -0.386. The van der Waals surface area contributed by atoms with Crippen molar-refractivity contribution in [1.82, 2.24) is 9.97 Å². The Labute approximate surface area is 104 Å². The van der Waals surface area contributed by atoms with Gasteiger partial charge in [0.2, 0.25) is 0 Å². The topological polar surface area (TPSA) is 97.8 Å². The summed E-state index contributed by atoms with van der Waals surface area (Å²) >= 11 is 0. The molecule has 3 N–H and O–H groups in total. The van der Waals surface area contributed by atoms with Gasteiger partial charge in [0.05, 0.1) is 4.92 Å². The summed E-state index contributed by atoms with van der Waals surface area (Å²) in [5.74, 6) is 0.626. The first kappa shape index (κ1) is 12.3. The molecule has 2 aromatic rings. The Morgan fingerprint density at radius 1 is 1.50 bits per heavy atom. The number of aromatic amines is 1. The van der Waals surface area contributed by atoms with E-state index >= 15 is 0 Å². The number of aryl methyl sites for hydroxylation is 1. The first-order valence-corrected chi connectivity index (χ1v) is 5.61. The van der Waals surface area contributed by atoms with Crippen LogP contribution in [0.15, 0.2) is 24.4 Å². The van der Waals surface area contributed by atoms with E-state index in [1.807, 2.05) is 6.07 Å². The summed E-state index contributed by atoms with van der Waals surface area (Å²) in [5, 5.41) is 10.9. The standard InChI is InChI=1S/C12H14N4O2/c1-8-2-3-9(6-11(8)16(17)18)12-14-7-10(15-12)4-5-13/h2-3,6-7H,4-5,13H2,1H3,(H,14,15). The maximum absolute atomic E-state index is 10.9. The molecule has 0 unspecified atom stereocenters. The fourth-order valence-corrected chi connectivity index (χ4v) is 1.74. The Bertz CT molecular complexity index is 577. The van der Waals surface area contributed by atoms with E-state index in [1.54, 1.807) is 19.2 Å². The maximum Gasteiger partial charge on any atom is 0.273 e. The molecule has 0 atom stereocenters. The van der Waals surface area contributed by atoms with E-state index in [-0.39, 0.29) is 10.6 Å². The van der Waals surface area contributed by atoms with Gasteiger partial charge in [0.1, 0.15) is 5.82 Å². The number of imidazole rings is 1. The Morgan fingerprint density at radius 2 is 2.28 bits per heavy atom. The molecule has 94 valence electrons. The lowest BCUT2D eigenvalue weighted by atomic mass is 10.1. The summed E-state index contributed by atoms with van der Waals surface area (Å²) in [4.78, 5) is 17.8. The first-order chi connectivity index (χ1) is 8.61. The van der Waals surface area contributed by atoms with E-state index in [1.165, 1.54) is 6.07 Å². The molecule has 0 aliphatic carbocycles. The zero-order valence-electron chi connectivity index (χ0n) is 10.0. The third-order valence-electron chi connectivity index (χ3n) is 2.72. The minimum Gasteiger partial charge on any atom is -0.342 e. The van der Waals surface area contributed by atoms with Crippen molar-refractivity contribution in [3.05, 3.63) is 45.8 Å². The van der Waals surface area contributed by atoms with E-state index in [0.29, 0.717) is 29.9 Å². The minimum absolute atomic E-state index is 0.101. The van der Waals surface area contributed by atoms with Gasteiger partial charge in [0.15, 0.2) is 0 Å². The molecular formula is C12H14N4O2. The molecule has 0 radical (unpaired) electrons. The number of aromatic nitrogens is 2. The quantitative estimate of drug-likeness (QED) is 0.634. The highest BCUT2D eigenvalue weighted by atomic mass is 16.6. The van der Waals surface area contributed by atoms with Crippen LogP contribution in [0.2, 0.25) is 0 Å². The zero-order chi connectivity index (χ0) is 13.1. The van der Waals surface area contributed by atoms with Gasteiger partial charge in [-0.25, -0.2) is 4.98 Å². The van der Waals surface area contributed by atoms with E-state index in [0.717, 1.165) is 5.69 Å². The molecule has 6 nitrogen and oxygen atoms in total. The van der Waals surface area contributed by atoms with Gasteiger partial charge in [-0.3, -0.25) is 10.1 Å². The predicted octanol–water partition coefficient (Wildman–Crippen LogP) is 1.79. The van der Waals surface area contributed by atoms with Crippen LogP contribution in [0.3, 0.4) is 0 Å². The number of nitrogens with zero attached hydrogens (tertiary/aromatic N) is 2. The second-order valence-corrected chi connectivity index (χ2v) is 4.05. The number of nitro groups is 1. The van der Waals surface area contributed by atoms with E-state index in [4.69, 9.17) is 5.73 Å². The highest BCUT2D eigenvalue weighted by Crippen LogP contribution is 2.24. The molecule has 1 aromatic carbocycles. The predicted molar refractivity (Wildman–Crippen MR) is 68.2 cm³/mol. The fraction of sp³-hybridized carbons (Fsp3) is 0.250. The molecule has 1 heterocycles. The van der Waals surface area contributed by atoms with Crippen LogP contribution in [0.5, 0.6) is 0 Å². The zero-order valence-corrected chi connectivity index (χ0v) is 10.0. The molecule has 1 aromatic heterocycles. The van der Waals surface area contributed by atoms with E-state index in [2.05, 4.69) is 9.97 Å². The van der Waals surface area contributed by atoms with Crippen LogP contribution in [0.4, 0.5) is 5.69 Å². The van der Waals surface area contributed by atoms with Crippen molar-refractivity contribution in [3.8, 4) is 11.4 Å². The molecule has 0 saturated heterocycles. The highest BCUT2D eigenvalue weighted by molar-refractivity contribution is 5.61. The average molecular weight is 246 g/mol. The molecule has 0 saturated carbocycles. The average Bonchev–Trinajstić information content (AvgIpc) is 2.78. The number of H-pyrrole nitrogens is 1. The number of benzene rings is 1. The number of nitrogens with two attached hydrogens (primary N) is 1. The van der Waals surface area contributed by atoms with Gasteiger partial charge in [0, 0.05) is 35.5 Å². The van der Waals surface area contributed by atoms with Crippen LogP contribution in [0.25, 0.3) is 11.4 Å². The van der Waals surface area contributed by atoms with Crippen molar-refractivity contribution in [2.75, 3.05) is 6.54 Å². The summed E-state index contributed by atoms with van der Waals surface area (Å²) in [6.45, 7) is 2.25. The van der Waals surface area contributed by atoms with Crippen molar-refractivity contribution in [3.63, 3.8) is 0 Å². The molecule has 18 heavy (non-hydrogen) atoms. The van der Waals surface area contributed by atoms with Crippen LogP contribution in [0.1, 0.15) is 11.3 Å². The van der Waals surface area contributed by atoms with Gasteiger partial charge in [-0.2, -0.15) is 0 Å². The molecule has 0 aliphatic rings. The van der Waals surface area contributed by atoms with E-state index in [9.17, 15) is 10.1 Å². The van der Waals surface area contributed by atoms with Gasteiger partial charge in [-0.05, 0) is 13.5 Å². The van der Waals surface area contributed by atoms with Gasteiger partial charge in [-0.1, -0.05) is 12.1 Å². The first-order valence-electron chi connectivity index (χ1n) is 5.61. The summed E-state index contributed by atoms with van der Waals surface area (Å²) < 4.78 is 0. The number of hydrogen-bond donors (Lipinski definition) is 2. The Kier molecular flexibility index (Phi) is 3.38. The Balaban J connectivity index is 2.38. The highest BCUT2D eigenvalue weighted by Gasteiger charge is 2.13. The molecule has 0 spiro atoms. The summed E-state index contributed by atoms with van der Waals surface area (Å²) in [7, 11) is 0. The third kappa shape index (κ3) is 2.38. The Morgan fingerprint density at radius 3 is 2.94 bits per heavy atom. The van der Waals surface area contributed by atoms with Crippen molar-refractivity contribution >= 4 is 5.69 Å². The number of nitrogens with one attached hydrogen (secondary N) is 1. The molecule has 2 rings (SSSR count). The lowest BCUT2D eigenvalue weighted by Crippen LogP contribution is -2.02. The van der Waals surface area contributed by atoms with Gasteiger partial charge in [0.25, 0.3) is 5.69 Å². The lowest BCUT2D eigenvalue weighted by molar-refractivity contribution is -0.385. The molecule has 0 bridgehead atoms. The largest absolute Gasteiger partial charge is 0.342 e. The summed E-state index contributed by atoms with van der Waals surface area (Å²) in [5.41, 5.74) is 7.82. The van der Waals surface area contributed by atoms with Crippen molar-refractivity contribution in [1.29, 1.82) is 0 Å². The normalized spacial score (nSPS) is 10.6. The van der Waals surface area contributed by atoms with Crippen LogP contribution in [-0.2, 0) is 6.42 Å².